The van der Waals surface area contributed by atoms with Gasteiger partial charge in [-0.1, -0.05) is 66.2 Å². The van der Waals surface area contributed by atoms with Crippen molar-refractivity contribution in [3.8, 4) is 11.5 Å². The molecule has 2 N–H and O–H groups in total. The number of likely N-dealkylation sites (tertiary alicyclic amines) is 1. The Labute approximate surface area is 237 Å². The first kappa shape index (κ1) is 27.0. The number of phenolic OH excluding ortho intramolecular Hbond substituents is 1. The number of carbonyl (C=O) groups is 2. The van der Waals surface area contributed by atoms with Gasteiger partial charge in [-0.3, -0.25) is 9.59 Å². The molecule has 0 aliphatic carbocycles. The van der Waals surface area contributed by atoms with Gasteiger partial charge in [0.05, 0.1) is 11.6 Å². The predicted octanol–water partition coefficient (Wildman–Crippen LogP) is 6.60. The van der Waals surface area contributed by atoms with Crippen LogP contribution in [0.5, 0.6) is 11.5 Å². The van der Waals surface area contributed by atoms with Crippen molar-refractivity contribution in [1.29, 1.82) is 0 Å². The third-order valence-corrected chi connectivity index (χ3v) is 7.24. The number of benzene rings is 4. The minimum absolute atomic E-state index is 0.00384. The van der Waals surface area contributed by atoms with E-state index in [0.717, 1.165) is 16.7 Å². The van der Waals surface area contributed by atoms with Crippen molar-refractivity contribution in [3.63, 3.8) is 0 Å². The van der Waals surface area contributed by atoms with E-state index >= 15 is 0 Å². The van der Waals surface area contributed by atoms with Gasteiger partial charge in [0.25, 0.3) is 11.7 Å². The topological polar surface area (TPSA) is 87.1 Å². The summed E-state index contributed by atoms with van der Waals surface area (Å²) in [5.41, 5.74) is 3.78. The fraction of sp³-hybridized carbons (Fsp3) is 0.152. The van der Waals surface area contributed by atoms with Crippen LogP contribution in [0.15, 0.2) is 103 Å². The number of aliphatic hydroxyl groups is 1. The maximum absolute atomic E-state index is 13.3. The fourth-order valence-electron chi connectivity index (χ4n) is 4.86. The highest BCUT2D eigenvalue weighted by atomic mass is 35.5. The number of carbonyl (C=O) groups excluding carboxylic acids is 2. The van der Waals surface area contributed by atoms with E-state index in [9.17, 15) is 19.8 Å². The number of Topliss-reactive ketones (excluding diaryl/α,β-unsaturated/α-hetero) is 1. The van der Waals surface area contributed by atoms with Crippen molar-refractivity contribution in [1.82, 2.24) is 4.90 Å². The van der Waals surface area contributed by atoms with Crippen LogP contribution >= 0.6 is 11.6 Å². The van der Waals surface area contributed by atoms with Crippen molar-refractivity contribution >= 4 is 29.1 Å². The molecule has 1 saturated heterocycles. The lowest BCUT2D eigenvalue weighted by Gasteiger charge is -2.25. The molecule has 5 rings (SSSR count). The minimum Gasteiger partial charge on any atom is -0.508 e. The Hall–Kier alpha value is -4.55. The molecule has 1 aliphatic heterocycles. The lowest BCUT2D eigenvalue weighted by atomic mass is 9.94. The van der Waals surface area contributed by atoms with Crippen molar-refractivity contribution in [2.45, 2.75) is 26.0 Å². The third-order valence-electron chi connectivity index (χ3n) is 6.99. The molecule has 6 nitrogen and oxygen atoms in total. The Balaban J connectivity index is 1.47. The van der Waals surface area contributed by atoms with Crippen LogP contribution in [0, 0.1) is 6.92 Å². The number of phenols is 1. The number of aliphatic hydroxyl groups excluding tert-OH is 1. The number of rotatable bonds is 8. The summed E-state index contributed by atoms with van der Waals surface area (Å²) in [7, 11) is 0. The number of ether oxygens (including phenoxy) is 1. The molecule has 40 heavy (non-hydrogen) atoms. The number of halogens is 1. The van der Waals surface area contributed by atoms with E-state index in [1.165, 1.54) is 17.0 Å². The summed E-state index contributed by atoms with van der Waals surface area (Å²) < 4.78 is 5.96. The molecular weight excluding hydrogens is 526 g/mol. The van der Waals surface area contributed by atoms with E-state index in [1.54, 1.807) is 42.5 Å². The van der Waals surface area contributed by atoms with Gasteiger partial charge < -0.3 is 19.8 Å². The van der Waals surface area contributed by atoms with Crippen LogP contribution in [0.3, 0.4) is 0 Å². The summed E-state index contributed by atoms with van der Waals surface area (Å²) >= 11 is 6.00. The molecular formula is C33H28ClNO5. The van der Waals surface area contributed by atoms with Crippen molar-refractivity contribution < 1.29 is 24.5 Å². The number of aromatic hydroxyl groups is 1. The molecule has 0 saturated carbocycles. The van der Waals surface area contributed by atoms with Gasteiger partial charge in [-0.15, -0.1) is 0 Å². The van der Waals surface area contributed by atoms with E-state index in [-0.39, 0.29) is 23.6 Å². The molecule has 202 valence electrons. The van der Waals surface area contributed by atoms with Gasteiger partial charge in [0.15, 0.2) is 0 Å². The van der Waals surface area contributed by atoms with Crippen LogP contribution < -0.4 is 4.74 Å². The van der Waals surface area contributed by atoms with Gasteiger partial charge in [-0.2, -0.15) is 0 Å². The van der Waals surface area contributed by atoms with Crippen LogP contribution in [-0.4, -0.2) is 33.3 Å². The van der Waals surface area contributed by atoms with Crippen molar-refractivity contribution in [2.24, 2.45) is 0 Å². The minimum atomic E-state index is -0.817. The number of hydrogen-bond donors (Lipinski definition) is 2. The highest BCUT2D eigenvalue weighted by Crippen LogP contribution is 2.40. The second kappa shape index (κ2) is 11.7. The van der Waals surface area contributed by atoms with Gasteiger partial charge >= 0.3 is 0 Å². The summed E-state index contributed by atoms with van der Waals surface area (Å²) in [5, 5.41) is 21.9. The van der Waals surface area contributed by atoms with Crippen LogP contribution in [0.25, 0.3) is 5.76 Å². The molecule has 0 aromatic heterocycles. The van der Waals surface area contributed by atoms with Crippen LogP contribution in [0.4, 0.5) is 0 Å². The number of amides is 1. The summed E-state index contributed by atoms with van der Waals surface area (Å²) in [4.78, 5) is 28.1. The molecule has 1 amide bonds. The summed E-state index contributed by atoms with van der Waals surface area (Å²) in [5.74, 6) is -0.993. The lowest BCUT2D eigenvalue weighted by molar-refractivity contribution is -0.139. The summed E-state index contributed by atoms with van der Waals surface area (Å²) in [6.07, 6.45) is 0.491. The Bertz CT molecular complexity index is 1560. The normalized spacial score (nSPS) is 16.4. The van der Waals surface area contributed by atoms with Gasteiger partial charge in [0.2, 0.25) is 0 Å². The first-order valence-corrected chi connectivity index (χ1v) is 13.3. The summed E-state index contributed by atoms with van der Waals surface area (Å²) in [6, 6.07) is 27.7. The highest BCUT2D eigenvalue weighted by molar-refractivity contribution is 6.46. The first-order valence-electron chi connectivity index (χ1n) is 12.9. The highest BCUT2D eigenvalue weighted by Gasteiger charge is 2.45. The van der Waals surface area contributed by atoms with Crippen LogP contribution in [0.2, 0.25) is 5.02 Å². The maximum atomic E-state index is 13.3. The molecule has 1 unspecified atom stereocenters. The number of aryl methyl sites for hydroxylation is 1. The largest absolute Gasteiger partial charge is 0.508 e. The van der Waals surface area contributed by atoms with E-state index in [0.29, 0.717) is 34.9 Å². The zero-order chi connectivity index (χ0) is 28.2. The van der Waals surface area contributed by atoms with E-state index in [4.69, 9.17) is 16.3 Å². The fourth-order valence-corrected chi connectivity index (χ4v) is 4.99. The Morgan fingerprint density at radius 3 is 2.27 bits per heavy atom. The van der Waals surface area contributed by atoms with Gasteiger partial charge in [-0.05, 0) is 78.1 Å². The molecule has 1 heterocycles. The van der Waals surface area contributed by atoms with Gasteiger partial charge in [0.1, 0.15) is 23.9 Å². The van der Waals surface area contributed by atoms with E-state index in [2.05, 4.69) is 0 Å². The number of nitrogens with zero attached hydrogens (tertiary/aromatic N) is 1. The second-order valence-corrected chi connectivity index (χ2v) is 10.2. The average Bonchev–Trinajstić information content (AvgIpc) is 3.22. The zero-order valence-corrected chi connectivity index (χ0v) is 22.6. The van der Waals surface area contributed by atoms with Crippen LogP contribution in [-0.2, 0) is 22.6 Å². The molecule has 4 aromatic rings. The molecule has 0 radical (unpaired) electrons. The average molecular weight is 554 g/mol. The van der Waals surface area contributed by atoms with Crippen LogP contribution in [0.1, 0.15) is 33.9 Å². The number of hydrogen-bond acceptors (Lipinski definition) is 5. The molecule has 1 fully saturated rings. The SMILES string of the molecule is Cc1cc(/C(O)=C2/C(=O)C(=O)N(CCc3ccc(Cl)cc3)C2c2ccc(O)cc2)ccc1OCc1ccccc1. The summed E-state index contributed by atoms with van der Waals surface area (Å²) in [6.45, 7) is 2.51. The standard InChI is InChI=1S/C33H28ClNO5/c1-21-19-25(11-16-28(21)40-20-23-5-3-2-4-6-23)31(37)29-30(24-9-14-27(36)15-10-24)35(33(39)32(29)38)18-17-22-7-12-26(34)13-8-22/h2-16,19,30,36-37H,17-18,20H2,1H3/b31-29-. The third kappa shape index (κ3) is 5.72. The molecule has 7 heteroatoms. The van der Waals surface area contributed by atoms with Crippen molar-refractivity contribution in [2.75, 3.05) is 6.54 Å². The van der Waals surface area contributed by atoms with E-state index < -0.39 is 17.7 Å². The van der Waals surface area contributed by atoms with Gasteiger partial charge in [0, 0.05) is 17.1 Å². The predicted molar refractivity (Wildman–Crippen MR) is 154 cm³/mol. The molecule has 1 aliphatic rings. The monoisotopic (exact) mass is 553 g/mol. The molecule has 0 spiro atoms. The Kier molecular flexibility index (Phi) is 7.89. The smallest absolute Gasteiger partial charge is 0.295 e. The molecule has 1 atom stereocenters. The maximum Gasteiger partial charge on any atom is 0.295 e. The quantitative estimate of drug-likeness (QED) is 0.146. The first-order chi connectivity index (χ1) is 19.3. The molecule has 4 aromatic carbocycles. The lowest BCUT2D eigenvalue weighted by Crippen LogP contribution is -2.31. The Morgan fingerprint density at radius 1 is 0.900 bits per heavy atom. The van der Waals surface area contributed by atoms with Gasteiger partial charge in [-0.25, -0.2) is 0 Å². The van der Waals surface area contributed by atoms with E-state index in [1.807, 2.05) is 49.4 Å². The molecule has 0 bridgehead atoms. The number of ketones is 1. The second-order valence-electron chi connectivity index (χ2n) is 9.72. The zero-order valence-electron chi connectivity index (χ0n) is 21.9. The van der Waals surface area contributed by atoms with Crippen molar-refractivity contribution in [3.05, 3.63) is 135 Å². The Morgan fingerprint density at radius 2 is 1.60 bits per heavy atom.